The van der Waals surface area contributed by atoms with Gasteiger partial charge in [0.1, 0.15) is 5.82 Å². The van der Waals surface area contributed by atoms with Crippen molar-refractivity contribution in [2.75, 3.05) is 13.2 Å². The molecule has 0 bridgehead atoms. The van der Waals surface area contributed by atoms with Gasteiger partial charge in [-0.1, -0.05) is 6.92 Å². The van der Waals surface area contributed by atoms with Crippen LogP contribution in [0.25, 0.3) is 0 Å². The van der Waals surface area contributed by atoms with Gasteiger partial charge in [0.05, 0.1) is 6.54 Å². The molecular weight excluding hydrogens is 190 g/mol. The summed E-state index contributed by atoms with van der Waals surface area (Å²) in [5.41, 5.74) is 0. The highest BCUT2D eigenvalue weighted by Gasteiger charge is 2.00. The van der Waals surface area contributed by atoms with Gasteiger partial charge >= 0.3 is 0 Å². The maximum absolute atomic E-state index is 8.62. The number of aryl methyl sites for hydroxylation is 1. The van der Waals surface area contributed by atoms with Crippen LogP contribution in [0.5, 0.6) is 0 Å². The molecule has 1 aromatic heterocycles. The standard InChI is InChI=1S/C11H21N3O/c1-2-7-14-8-6-13-11(14)10-12-5-3-4-9-15/h6,8,12,15H,2-5,7,9-10H2,1H3. The number of nitrogens with one attached hydrogen (secondary N) is 1. The van der Waals surface area contributed by atoms with Crippen LogP contribution in [0.2, 0.25) is 0 Å². The SMILES string of the molecule is CCCn1ccnc1CNCCCCO. The summed E-state index contributed by atoms with van der Waals surface area (Å²) in [6, 6.07) is 0. The number of nitrogens with zero attached hydrogens (tertiary/aromatic N) is 2. The van der Waals surface area contributed by atoms with Gasteiger partial charge in [-0.25, -0.2) is 4.98 Å². The van der Waals surface area contributed by atoms with Crippen molar-refractivity contribution >= 4 is 0 Å². The fraction of sp³-hybridized carbons (Fsp3) is 0.727. The van der Waals surface area contributed by atoms with E-state index in [9.17, 15) is 0 Å². The molecular formula is C11H21N3O. The summed E-state index contributed by atoms with van der Waals surface area (Å²) < 4.78 is 2.18. The van der Waals surface area contributed by atoms with Crippen LogP contribution in [0, 0.1) is 0 Å². The second-order valence-electron chi connectivity index (χ2n) is 3.64. The summed E-state index contributed by atoms with van der Waals surface area (Å²) in [5.74, 6) is 1.10. The van der Waals surface area contributed by atoms with Crippen LogP contribution in [-0.4, -0.2) is 27.8 Å². The van der Waals surface area contributed by atoms with Gasteiger partial charge in [0.2, 0.25) is 0 Å². The summed E-state index contributed by atoms with van der Waals surface area (Å²) in [6.07, 6.45) is 6.89. The molecule has 0 radical (unpaired) electrons. The number of aromatic nitrogens is 2. The Morgan fingerprint density at radius 1 is 1.47 bits per heavy atom. The maximum Gasteiger partial charge on any atom is 0.122 e. The monoisotopic (exact) mass is 211 g/mol. The van der Waals surface area contributed by atoms with Gasteiger partial charge in [0.15, 0.2) is 0 Å². The fourth-order valence-electron chi connectivity index (χ4n) is 1.51. The summed E-state index contributed by atoms with van der Waals surface area (Å²) in [5, 5.41) is 11.9. The minimum Gasteiger partial charge on any atom is -0.396 e. The van der Waals surface area contributed by atoms with Gasteiger partial charge in [-0.3, -0.25) is 0 Å². The van der Waals surface area contributed by atoms with Crippen molar-refractivity contribution in [2.45, 2.75) is 39.3 Å². The lowest BCUT2D eigenvalue weighted by Crippen LogP contribution is -2.18. The second kappa shape index (κ2) is 7.43. The van der Waals surface area contributed by atoms with Crippen LogP contribution >= 0.6 is 0 Å². The number of aliphatic hydroxyl groups is 1. The molecule has 0 saturated carbocycles. The first kappa shape index (κ1) is 12.2. The van der Waals surface area contributed by atoms with Crippen molar-refractivity contribution in [1.29, 1.82) is 0 Å². The van der Waals surface area contributed by atoms with Gasteiger partial charge in [-0.05, 0) is 25.8 Å². The summed E-state index contributed by atoms with van der Waals surface area (Å²) in [7, 11) is 0. The van der Waals surface area contributed by atoms with Crippen molar-refractivity contribution in [3.05, 3.63) is 18.2 Å². The quantitative estimate of drug-likeness (QED) is 0.634. The number of unbranched alkanes of at least 4 members (excludes halogenated alkanes) is 1. The van der Waals surface area contributed by atoms with Gasteiger partial charge < -0.3 is 15.0 Å². The Morgan fingerprint density at radius 3 is 3.07 bits per heavy atom. The van der Waals surface area contributed by atoms with Crippen LogP contribution in [0.1, 0.15) is 32.0 Å². The number of aliphatic hydroxyl groups excluding tert-OH is 1. The third kappa shape index (κ3) is 4.44. The molecule has 0 aliphatic rings. The van der Waals surface area contributed by atoms with Crippen LogP contribution in [0.4, 0.5) is 0 Å². The number of hydrogen-bond donors (Lipinski definition) is 2. The lowest BCUT2D eigenvalue weighted by atomic mass is 10.3. The maximum atomic E-state index is 8.62. The smallest absolute Gasteiger partial charge is 0.122 e. The van der Waals surface area contributed by atoms with Crippen molar-refractivity contribution < 1.29 is 5.11 Å². The van der Waals surface area contributed by atoms with E-state index in [0.29, 0.717) is 0 Å². The average molecular weight is 211 g/mol. The summed E-state index contributed by atoms with van der Waals surface area (Å²) in [4.78, 5) is 4.30. The molecule has 0 aliphatic carbocycles. The Bertz CT molecular complexity index is 260. The van der Waals surface area contributed by atoms with Crippen LogP contribution in [0.15, 0.2) is 12.4 Å². The van der Waals surface area contributed by atoms with Crippen molar-refractivity contribution in [3.63, 3.8) is 0 Å². The van der Waals surface area contributed by atoms with Gasteiger partial charge in [-0.2, -0.15) is 0 Å². The predicted molar refractivity (Wildman–Crippen MR) is 60.5 cm³/mol. The molecule has 0 atom stereocenters. The first-order valence-corrected chi connectivity index (χ1v) is 5.70. The molecule has 86 valence electrons. The highest BCUT2D eigenvalue weighted by molar-refractivity contribution is 4.91. The van der Waals surface area contributed by atoms with Crippen LogP contribution in [-0.2, 0) is 13.1 Å². The van der Waals surface area contributed by atoms with Gasteiger partial charge in [-0.15, -0.1) is 0 Å². The molecule has 1 rings (SSSR count). The normalized spacial score (nSPS) is 10.8. The first-order chi connectivity index (χ1) is 7.38. The van der Waals surface area contributed by atoms with E-state index in [-0.39, 0.29) is 6.61 Å². The highest BCUT2D eigenvalue weighted by atomic mass is 16.2. The molecule has 4 nitrogen and oxygen atoms in total. The molecule has 4 heteroatoms. The van der Waals surface area contributed by atoms with Crippen molar-refractivity contribution in [1.82, 2.24) is 14.9 Å². The molecule has 15 heavy (non-hydrogen) atoms. The molecule has 0 fully saturated rings. The van der Waals surface area contributed by atoms with E-state index in [1.165, 1.54) is 0 Å². The molecule has 0 aliphatic heterocycles. The molecule has 2 N–H and O–H groups in total. The largest absolute Gasteiger partial charge is 0.396 e. The Balaban J connectivity index is 2.21. The Morgan fingerprint density at radius 2 is 2.33 bits per heavy atom. The molecule has 1 heterocycles. The van der Waals surface area contributed by atoms with Gasteiger partial charge in [0.25, 0.3) is 0 Å². The van der Waals surface area contributed by atoms with E-state index in [1.807, 2.05) is 12.4 Å². The van der Waals surface area contributed by atoms with E-state index in [4.69, 9.17) is 5.11 Å². The zero-order valence-corrected chi connectivity index (χ0v) is 9.45. The first-order valence-electron chi connectivity index (χ1n) is 5.70. The summed E-state index contributed by atoms with van der Waals surface area (Å²) in [6.45, 7) is 5.25. The highest BCUT2D eigenvalue weighted by Crippen LogP contribution is 1.99. The Hall–Kier alpha value is -0.870. The van der Waals surface area contributed by atoms with E-state index < -0.39 is 0 Å². The Kier molecular flexibility index (Phi) is 6.04. The minimum absolute atomic E-state index is 0.284. The van der Waals surface area contributed by atoms with Crippen molar-refractivity contribution in [3.8, 4) is 0 Å². The number of imidazole rings is 1. The van der Waals surface area contributed by atoms with E-state index in [2.05, 4.69) is 21.8 Å². The lowest BCUT2D eigenvalue weighted by molar-refractivity contribution is 0.283. The van der Waals surface area contributed by atoms with Crippen LogP contribution < -0.4 is 5.32 Å². The van der Waals surface area contributed by atoms with E-state index >= 15 is 0 Å². The van der Waals surface area contributed by atoms with E-state index in [1.54, 1.807) is 0 Å². The predicted octanol–water partition coefficient (Wildman–Crippen LogP) is 1.16. The number of rotatable bonds is 8. The minimum atomic E-state index is 0.284. The zero-order valence-electron chi connectivity index (χ0n) is 9.45. The molecule has 0 unspecified atom stereocenters. The third-order valence-corrected chi connectivity index (χ3v) is 2.31. The average Bonchev–Trinajstić information content (AvgIpc) is 2.66. The van der Waals surface area contributed by atoms with Crippen molar-refractivity contribution in [2.24, 2.45) is 0 Å². The molecule has 0 aromatic carbocycles. The molecule has 1 aromatic rings. The number of hydrogen-bond acceptors (Lipinski definition) is 3. The lowest BCUT2D eigenvalue weighted by Gasteiger charge is -2.07. The van der Waals surface area contributed by atoms with Crippen LogP contribution in [0.3, 0.4) is 0 Å². The molecule has 0 saturated heterocycles. The fourth-order valence-corrected chi connectivity index (χ4v) is 1.51. The molecule has 0 spiro atoms. The second-order valence-corrected chi connectivity index (χ2v) is 3.64. The summed E-state index contributed by atoms with van der Waals surface area (Å²) >= 11 is 0. The Labute approximate surface area is 91.3 Å². The topological polar surface area (TPSA) is 50.1 Å². The van der Waals surface area contributed by atoms with Gasteiger partial charge in [0, 0.05) is 25.5 Å². The third-order valence-electron chi connectivity index (χ3n) is 2.31. The van der Waals surface area contributed by atoms with E-state index in [0.717, 1.165) is 44.7 Å². The zero-order chi connectivity index (χ0) is 10.9. The molecule has 0 amide bonds.